The zero-order valence-electron chi connectivity index (χ0n) is 10.9. The number of carbonyl (C=O) groups excluding carboxylic acids is 1. The van der Waals surface area contributed by atoms with Crippen LogP contribution in [0, 0.1) is 0 Å². The van der Waals surface area contributed by atoms with Crippen LogP contribution in [0.5, 0.6) is 0 Å². The van der Waals surface area contributed by atoms with E-state index in [0.717, 1.165) is 19.3 Å². The van der Waals surface area contributed by atoms with E-state index in [-0.39, 0.29) is 17.5 Å². The second-order valence-corrected chi connectivity index (χ2v) is 5.12. The van der Waals surface area contributed by atoms with Gasteiger partial charge in [-0.2, -0.15) is 0 Å². The van der Waals surface area contributed by atoms with Crippen molar-refractivity contribution in [3.63, 3.8) is 0 Å². The normalized spacial score (nSPS) is 25.4. The molecule has 1 rings (SSSR count). The maximum absolute atomic E-state index is 12.0. The van der Waals surface area contributed by atoms with Crippen LogP contribution >= 0.6 is 0 Å². The summed E-state index contributed by atoms with van der Waals surface area (Å²) in [5.41, 5.74) is 0.127. The van der Waals surface area contributed by atoms with Gasteiger partial charge in [-0.3, -0.25) is 9.69 Å². The van der Waals surface area contributed by atoms with Crippen LogP contribution in [0.15, 0.2) is 0 Å². The molecule has 1 aliphatic rings. The summed E-state index contributed by atoms with van der Waals surface area (Å²) in [5.74, 6) is 0.132. The van der Waals surface area contributed by atoms with Gasteiger partial charge < -0.3 is 10.1 Å². The van der Waals surface area contributed by atoms with Crippen molar-refractivity contribution in [2.75, 3.05) is 27.3 Å². The Labute approximate surface area is 98.3 Å². The molecule has 1 unspecified atom stereocenters. The Morgan fingerprint density at radius 2 is 2.25 bits per heavy atom. The number of piperidine rings is 1. The Morgan fingerprint density at radius 3 is 2.88 bits per heavy atom. The highest BCUT2D eigenvalue weighted by Gasteiger charge is 2.36. The lowest BCUT2D eigenvalue weighted by molar-refractivity contribution is -0.130. The summed E-state index contributed by atoms with van der Waals surface area (Å²) in [7, 11) is 3.68. The fourth-order valence-corrected chi connectivity index (χ4v) is 2.22. The minimum Gasteiger partial charge on any atom is -0.383 e. The molecule has 1 atom stereocenters. The molecule has 0 bridgehead atoms. The van der Waals surface area contributed by atoms with Crippen LogP contribution in [0.1, 0.15) is 33.1 Å². The van der Waals surface area contributed by atoms with Crippen molar-refractivity contribution in [2.45, 2.75) is 44.7 Å². The number of hydrogen-bond acceptors (Lipinski definition) is 3. The lowest BCUT2D eigenvalue weighted by Crippen LogP contribution is -2.56. The van der Waals surface area contributed by atoms with E-state index >= 15 is 0 Å². The Hall–Kier alpha value is -0.610. The number of hydrogen-bond donors (Lipinski definition) is 1. The van der Waals surface area contributed by atoms with Gasteiger partial charge in [-0.15, -0.1) is 0 Å². The molecule has 16 heavy (non-hydrogen) atoms. The molecular formula is C12H24N2O2. The number of carbonyl (C=O) groups is 1. The second-order valence-electron chi connectivity index (χ2n) is 5.12. The van der Waals surface area contributed by atoms with E-state index in [9.17, 15) is 4.79 Å². The Bertz CT molecular complexity index is 241. The van der Waals surface area contributed by atoms with Gasteiger partial charge in [0.05, 0.1) is 12.6 Å². The highest BCUT2D eigenvalue weighted by molar-refractivity contribution is 5.81. The highest BCUT2D eigenvalue weighted by Crippen LogP contribution is 2.29. The van der Waals surface area contributed by atoms with Gasteiger partial charge in [0.15, 0.2) is 0 Å². The fourth-order valence-electron chi connectivity index (χ4n) is 2.22. The van der Waals surface area contributed by atoms with E-state index in [4.69, 9.17) is 4.74 Å². The third-order valence-corrected chi connectivity index (χ3v) is 3.60. The molecule has 94 valence electrons. The third-order valence-electron chi connectivity index (χ3n) is 3.60. The summed E-state index contributed by atoms with van der Waals surface area (Å²) in [6.07, 6.45) is 3.24. The number of rotatable bonds is 4. The van der Waals surface area contributed by atoms with Gasteiger partial charge in [-0.25, -0.2) is 0 Å². The molecule has 0 saturated carbocycles. The predicted molar refractivity (Wildman–Crippen MR) is 64.4 cm³/mol. The van der Waals surface area contributed by atoms with Crippen molar-refractivity contribution in [1.29, 1.82) is 0 Å². The average Bonchev–Trinajstić information content (AvgIpc) is 2.22. The standard InChI is InChI=1S/C12H24N2O2/c1-12(2)7-5-6-10(14(12)3)11(15)13-8-9-16-4/h10H,5-9H2,1-4H3,(H,13,15). The predicted octanol–water partition coefficient (Wildman–Crippen LogP) is 1.01. The molecular weight excluding hydrogens is 204 g/mol. The lowest BCUT2D eigenvalue weighted by atomic mass is 9.86. The summed E-state index contributed by atoms with van der Waals surface area (Å²) >= 11 is 0. The quantitative estimate of drug-likeness (QED) is 0.730. The summed E-state index contributed by atoms with van der Waals surface area (Å²) in [4.78, 5) is 14.2. The first kappa shape index (κ1) is 13.5. The van der Waals surface area contributed by atoms with Gasteiger partial charge in [-0.05, 0) is 40.2 Å². The first-order valence-corrected chi connectivity index (χ1v) is 5.98. The molecule has 0 spiro atoms. The largest absolute Gasteiger partial charge is 0.383 e. The summed E-state index contributed by atoms with van der Waals surface area (Å²) < 4.78 is 4.92. The SMILES string of the molecule is COCCNC(=O)C1CCCC(C)(C)N1C. The van der Waals surface area contributed by atoms with Gasteiger partial charge in [0.2, 0.25) is 5.91 Å². The number of nitrogens with one attached hydrogen (secondary N) is 1. The Balaban J connectivity index is 2.48. The molecule has 0 aliphatic carbocycles. The highest BCUT2D eigenvalue weighted by atomic mass is 16.5. The Kier molecular flexibility index (Phi) is 4.74. The maximum Gasteiger partial charge on any atom is 0.237 e. The summed E-state index contributed by atoms with van der Waals surface area (Å²) in [5, 5.41) is 2.92. The molecule has 4 nitrogen and oxygen atoms in total. The molecule has 1 heterocycles. The zero-order chi connectivity index (χ0) is 12.2. The van der Waals surface area contributed by atoms with Crippen LogP contribution < -0.4 is 5.32 Å². The molecule has 4 heteroatoms. The number of amides is 1. The average molecular weight is 228 g/mol. The van der Waals surface area contributed by atoms with Crippen LogP contribution in [-0.4, -0.2) is 49.7 Å². The van der Waals surface area contributed by atoms with Gasteiger partial charge in [0.25, 0.3) is 0 Å². The molecule has 1 amide bonds. The minimum atomic E-state index is 0.0145. The van der Waals surface area contributed by atoms with Crippen LogP contribution in [0.25, 0.3) is 0 Å². The molecule has 0 radical (unpaired) electrons. The van der Waals surface area contributed by atoms with Crippen LogP contribution in [0.4, 0.5) is 0 Å². The molecule has 0 aromatic rings. The summed E-state index contributed by atoms with van der Waals surface area (Å²) in [6, 6.07) is 0.0145. The van der Waals surface area contributed by atoms with Crippen molar-refractivity contribution in [3.05, 3.63) is 0 Å². The smallest absolute Gasteiger partial charge is 0.237 e. The number of ether oxygens (including phenoxy) is 1. The van der Waals surface area contributed by atoms with Crippen LogP contribution in [0.3, 0.4) is 0 Å². The molecule has 1 aliphatic heterocycles. The van der Waals surface area contributed by atoms with Gasteiger partial charge in [0, 0.05) is 19.2 Å². The third kappa shape index (κ3) is 3.19. The molecule has 1 fully saturated rings. The van der Waals surface area contributed by atoms with Crippen molar-refractivity contribution in [3.8, 4) is 0 Å². The fraction of sp³-hybridized carbons (Fsp3) is 0.917. The number of methoxy groups -OCH3 is 1. The monoisotopic (exact) mass is 228 g/mol. The van der Waals surface area contributed by atoms with E-state index in [0.29, 0.717) is 13.2 Å². The lowest BCUT2D eigenvalue weighted by Gasteiger charge is -2.44. The number of nitrogens with zero attached hydrogens (tertiary/aromatic N) is 1. The number of likely N-dealkylation sites (tertiary alicyclic amines) is 1. The van der Waals surface area contributed by atoms with Crippen molar-refractivity contribution in [1.82, 2.24) is 10.2 Å². The minimum absolute atomic E-state index is 0.0145. The van der Waals surface area contributed by atoms with E-state index in [1.165, 1.54) is 0 Å². The van der Waals surface area contributed by atoms with Gasteiger partial charge >= 0.3 is 0 Å². The van der Waals surface area contributed by atoms with Crippen molar-refractivity contribution in [2.24, 2.45) is 0 Å². The van der Waals surface area contributed by atoms with E-state index in [2.05, 4.69) is 24.1 Å². The van der Waals surface area contributed by atoms with Crippen molar-refractivity contribution >= 4 is 5.91 Å². The van der Waals surface area contributed by atoms with Crippen molar-refractivity contribution < 1.29 is 9.53 Å². The molecule has 0 aromatic heterocycles. The second kappa shape index (κ2) is 5.64. The van der Waals surface area contributed by atoms with E-state index < -0.39 is 0 Å². The van der Waals surface area contributed by atoms with Crippen LogP contribution in [-0.2, 0) is 9.53 Å². The zero-order valence-corrected chi connectivity index (χ0v) is 10.9. The van der Waals surface area contributed by atoms with Crippen LogP contribution in [0.2, 0.25) is 0 Å². The van der Waals surface area contributed by atoms with E-state index in [1.807, 2.05) is 7.05 Å². The molecule has 0 aromatic carbocycles. The first-order chi connectivity index (χ1) is 7.49. The Morgan fingerprint density at radius 1 is 1.56 bits per heavy atom. The first-order valence-electron chi connectivity index (χ1n) is 5.98. The topological polar surface area (TPSA) is 41.6 Å². The van der Waals surface area contributed by atoms with E-state index in [1.54, 1.807) is 7.11 Å². The van der Waals surface area contributed by atoms with Gasteiger partial charge in [0.1, 0.15) is 0 Å². The molecule has 1 N–H and O–H groups in total. The number of likely N-dealkylation sites (N-methyl/N-ethyl adjacent to an activating group) is 1. The maximum atomic E-state index is 12.0. The van der Waals surface area contributed by atoms with Gasteiger partial charge in [-0.1, -0.05) is 0 Å². The summed E-state index contributed by atoms with van der Waals surface area (Å²) in [6.45, 7) is 5.56. The molecule has 1 saturated heterocycles.